The molecule has 1 heterocycles. The fraction of sp³-hybridized carbons (Fsp3) is 0.529. The van der Waals surface area contributed by atoms with Crippen LogP contribution in [0.15, 0.2) is 30.0 Å². The molecule has 0 radical (unpaired) electrons. The van der Waals surface area contributed by atoms with Gasteiger partial charge in [-0.25, -0.2) is 4.98 Å². The Bertz CT molecular complexity index is 491. The molecule has 114 valence electrons. The van der Waals surface area contributed by atoms with Gasteiger partial charge in [-0.1, -0.05) is 25.5 Å². The monoisotopic (exact) mass is 287 g/mol. The van der Waals surface area contributed by atoms with E-state index in [1.165, 1.54) is 25.7 Å². The van der Waals surface area contributed by atoms with Crippen LogP contribution in [0.4, 0.5) is 11.5 Å². The van der Waals surface area contributed by atoms with Gasteiger partial charge in [0.2, 0.25) is 5.91 Å². The van der Waals surface area contributed by atoms with E-state index in [2.05, 4.69) is 21.7 Å². The number of carbonyl (C=O) groups is 1. The summed E-state index contributed by atoms with van der Waals surface area (Å²) in [5.41, 5.74) is 2.31. The SMILES string of the molecule is CC(C)C(=O)Nc1ccc(NCCC2=CCCCC2)nc1. The Morgan fingerprint density at radius 2 is 2.19 bits per heavy atom. The highest BCUT2D eigenvalue weighted by atomic mass is 16.1. The lowest BCUT2D eigenvalue weighted by Crippen LogP contribution is -2.17. The van der Waals surface area contributed by atoms with E-state index in [0.29, 0.717) is 0 Å². The Labute approximate surface area is 127 Å². The van der Waals surface area contributed by atoms with Gasteiger partial charge in [0.25, 0.3) is 0 Å². The van der Waals surface area contributed by atoms with Crippen molar-refractivity contribution in [3.8, 4) is 0 Å². The molecule has 1 amide bonds. The van der Waals surface area contributed by atoms with Crippen LogP contribution >= 0.6 is 0 Å². The zero-order chi connectivity index (χ0) is 15.1. The molecule has 4 nitrogen and oxygen atoms in total. The third-order valence-corrected chi connectivity index (χ3v) is 3.69. The van der Waals surface area contributed by atoms with Crippen molar-refractivity contribution in [2.75, 3.05) is 17.2 Å². The summed E-state index contributed by atoms with van der Waals surface area (Å²) >= 11 is 0. The Kier molecular flexibility index (Phi) is 5.78. The van der Waals surface area contributed by atoms with E-state index in [1.54, 1.807) is 11.8 Å². The first-order chi connectivity index (χ1) is 10.1. The maximum atomic E-state index is 11.6. The van der Waals surface area contributed by atoms with Crippen molar-refractivity contribution in [1.29, 1.82) is 0 Å². The van der Waals surface area contributed by atoms with Crippen LogP contribution in [0.2, 0.25) is 0 Å². The molecule has 0 aliphatic heterocycles. The third kappa shape index (κ3) is 5.21. The molecule has 0 saturated heterocycles. The lowest BCUT2D eigenvalue weighted by Gasteiger charge is -2.13. The van der Waals surface area contributed by atoms with Crippen molar-refractivity contribution in [2.45, 2.75) is 46.0 Å². The molecule has 1 aromatic heterocycles. The number of aromatic nitrogens is 1. The molecule has 0 bridgehead atoms. The van der Waals surface area contributed by atoms with E-state index < -0.39 is 0 Å². The van der Waals surface area contributed by atoms with E-state index in [-0.39, 0.29) is 11.8 Å². The molecule has 0 atom stereocenters. The standard InChI is InChI=1S/C17H25N3O/c1-13(2)17(21)20-15-8-9-16(19-12-15)18-11-10-14-6-4-3-5-7-14/h6,8-9,12-13H,3-5,7,10-11H2,1-2H3,(H,18,19)(H,20,21). The summed E-state index contributed by atoms with van der Waals surface area (Å²) in [6, 6.07) is 3.79. The van der Waals surface area contributed by atoms with E-state index in [4.69, 9.17) is 0 Å². The Morgan fingerprint density at radius 1 is 1.33 bits per heavy atom. The Hall–Kier alpha value is -1.84. The summed E-state index contributed by atoms with van der Waals surface area (Å²) in [7, 11) is 0. The first-order valence-electron chi connectivity index (χ1n) is 7.84. The third-order valence-electron chi connectivity index (χ3n) is 3.69. The zero-order valence-corrected chi connectivity index (χ0v) is 13.0. The van der Waals surface area contributed by atoms with E-state index in [1.807, 2.05) is 26.0 Å². The molecule has 2 N–H and O–H groups in total. The topological polar surface area (TPSA) is 54.0 Å². The number of amides is 1. The molecule has 0 aromatic carbocycles. The summed E-state index contributed by atoms with van der Waals surface area (Å²) in [5, 5.41) is 6.17. The first kappa shape index (κ1) is 15.5. The van der Waals surface area contributed by atoms with Crippen molar-refractivity contribution in [1.82, 2.24) is 4.98 Å². The molecule has 0 spiro atoms. The van der Waals surface area contributed by atoms with Crippen LogP contribution in [0.3, 0.4) is 0 Å². The van der Waals surface area contributed by atoms with Gasteiger partial charge in [-0.2, -0.15) is 0 Å². The number of rotatable bonds is 6. The molecule has 1 aliphatic rings. The lowest BCUT2D eigenvalue weighted by molar-refractivity contribution is -0.118. The number of carbonyl (C=O) groups excluding carboxylic acids is 1. The van der Waals surface area contributed by atoms with Crippen LogP contribution in [0.25, 0.3) is 0 Å². The van der Waals surface area contributed by atoms with Crippen molar-refractivity contribution in [3.05, 3.63) is 30.0 Å². The summed E-state index contributed by atoms with van der Waals surface area (Å²) in [6.45, 7) is 4.66. The highest BCUT2D eigenvalue weighted by molar-refractivity contribution is 5.91. The van der Waals surface area contributed by atoms with Gasteiger partial charge in [-0.05, 0) is 44.2 Å². The molecule has 1 aliphatic carbocycles. The van der Waals surface area contributed by atoms with Gasteiger partial charge in [0.15, 0.2) is 0 Å². The summed E-state index contributed by atoms with van der Waals surface area (Å²) in [5.74, 6) is 0.849. The number of nitrogens with zero attached hydrogens (tertiary/aromatic N) is 1. The van der Waals surface area contributed by atoms with Crippen LogP contribution in [0.5, 0.6) is 0 Å². The number of nitrogens with one attached hydrogen (secondary N) is 2. The quantitative estimate of drug-likeness (QED) is 0.778. The van der Waals surface area contributed by atoms with Crippen LogP contribution in [0, 0.1) is 5.92 Å². The van der Waals surface area contributed by atoms with E-state index in [9.17, 15) is 4.79 Å². The predicted octanol–water partition coefficient (Wildman–Crippen LogP) is 3.98. The number of allylic oxidation sites excluding steroid dienone is 1. The molecule has 0 fully saturated rings. The zero-order valence-electron chi connectivity index (χ0n) is 13.0. The average Bonchev–Trinajstić information content (AvgIpc) is 2.50. The molecular weight excluding hydrogens is 262 g/mol. The van der Waals surface area contributed by atoms with Gasteiger partial charge in [0.05, 0.1) is 11.9 Å². The van der Waals surface area contributed by atoms with Crippen LogP contribution < -0.4 is 10.6 Å². The number of anilines is 2. The fourth-order valence-electron chi connectivity index (χ4n) is 2.34. The van der Waals surface area contributed by atoms with E-state index >= 15 is 0 Å². The maximum Gasteiger partial charge on any atom is 0.226 e. The smallest absolute Gasteiger partial charge is 0.226 e. The highest BCUT2D eigenvalue weighted by Gasteiger charge is 2.07. The number of hydrogen-bond donors (Lipinski definition) is 2. The fourth-order valence-corrected chi connectivity index (χ4v) is 2.34. The van der Waals surface area contributed by atoms with Gasteiger partial charge in [0.1, 0.15) is 5.82 Å². The maximum absolute atomic E-state index is 11.6. The van der Waals surface area contributed by atoms with Crippen molar-refractivity contribution >= 4 is 17.4 Å². The minimum Gasteiger partial charge on any atom is -0.370 e. The normalized spacial score (nSPS) is 14.7. The van der Waals surface area contributed by atoms with Gasteiger partial charge in [-0.15, -0.1) is 0 Å². The number of pyridine rings is 1. The minimum atomic E-state index is -0.0217. The largest absolute Gasteiger partial charge is 0.370 e. The number of hydrogen-bond acceptors (Lipinski definition) is 3. The molecule has 21 heavy (non-hydrogen) atoms. The second kappa shape index (κ2) is 7.81. The second-order valence-electron chi connectivity index (χ2n) is 5.86. The molecule has 0 saturated carbocycles. The molecule has 4 heteroatoms. The molecule has 0 unspecified atom stereocenters. The van der Waals surface area contributed by atoms with Crippen LogP contribution in [-0.2, 0) is 4.79 Å². The average molecular weight is 287 g/mol. The Morgan fingerprint density at radius 3 is 2.81 bits per heavy atom. The van der Waals surface area contributed by atoms with Gasteiger partial charge >= 0.3 is 0 Å². The van der Waals surface area contributed by atoms with Gasteiger partial charge in [-0.3, -0.25) is 4.79 Å². The first-order valence-corrected chi connectivity index (χ1v) is 7.84. The van der Waals surface area contributed by atoms with E-state index in [0.717, 1.165) is 24.5 Å². The lowest BCUT2D eigenvalue weighted by atomic mass is 9.97. The molecular formula is C17H25N3O. The minimum absolute atomic E-state index is 0.0155. The summed E-state index contributed by atoms with van der Waals surface area (Å²) in [4.78, 5) is 15.9. The van der Waals surface area contributed by atoms with Gasteiger partial charge in [0, 0.05) is 12.5 Å². The van der Waals surface area contributed by atoms with Gasteiger partial charge < -0.3 is 10.6 Å². The molecule has 1 aromatic rings. The Balaban J connectivity index is 1.77. The highest BCUT2D eigenvalue weighted by Crippen LogP contribution is 2.20. The summed E-state index contributed by atoms with van der Waals surface area (Å²) < 4.78 is 0. The van der Waals surface area contributed by atoms with Crippen molar-refractivity contribution in [3.63, 3.8) is 0 Å². The van der Waals surface area contributed by atoms with Crippen LogP contribution in [-0.4, -0.2) is 17.4 Å². The van der Waals surface area contributed by atoms with Crippen LogP contribution in [0.1, 0.15) is 46.0 Å². The van der Waals surface area contributed by atoms with Crippen molar-refractivity contribution < 1.29 is 4.79 Å². The predicted molar refractivity (Wildman–Crippen MR) is 87.4 cm³/mol. The van der Waals surface area contributed by atoms with Crippen molar-refractivity contribution in [2.24, 2.45) is 5.92 Å². The molecule has 2 rings (SSSR count). The second-order valence-corrected chi connectivity index (χ2v) is 5.86. The summed E-state index contributed by atoms with van der Waals surface area (Å²) in [6.07, 6.45) is 10.3.